The zero-order chi connectivity index (χ0) is 26.6. The molecule has 194 valence electrons. The number of amides is 1. The maximum Gasteiger partial charge on any atom is 0.295 e. The van der Waals surface area contributed by atoms with Gasteiger partial charge in [0.05, 0.1) is 24.3 Å². The third-order valence-electron chi connectivity index (χ3n) is 6.20. The number of aliphatic hydroxyl groups is 1. The van der Waals surface area contributed by atoms with Gasteiger partial charge in [0.25, 0.3) is 11.7 Å². The fourth-order valence-electron chi connectivity index (χ4n) is 4.52. The monoisotopic (exact) mass is 493 g/mol. The Bertz CT molecular complexity index is 1140. The van der Waals surface area contributed by atoms with Gasteiger partial charge in [0.1, 0.15) is 17.3 Å². The van der Waals surface area contributed by atoms with E-state index in [9.17, 15) is 14.7 Å². The number of carbonyl (C=O) groups is 2. The Labute approximate surface area is 214 Å². The van der Waals surface area contributed by atoms with Crippen molar-refractivity contribution in [2.45, 2.75) is 78.9 Å². The lowest BCUT2D eigenvalue weighted by molar-refractivity contribution is -0.139. The van der Waals surface area contributed by atoms with Crippen LogP contribution in [0.1, 0.15) is 84.0 Å². The van der Waals surface area contributed by atoms with Crippen LogP contribution in [0.25, 0.3) is 5.76 Å². The number of benzene rings is 2. The minimum Gasteiger partial charge on any atom is -0.507 e. The Morgan fingerprint density at radius 2 is 1.81 bits per heavy atom. The van der Waals surface area contributed by atoms with Crippen LogP contribution in [0.5, 0.6) is 11.5 Å². The van der Waals surface area contributed by atoms with Crippen molar-refractivity contribution in [1.29, 1.82) is 0 Å². The molecule has 1 amide bonds. The summed E-state index contributed by atoms with van der Waals surface area (Å²) in [5, 5.41) is 11.5. The predicted molar refractivity (Wildman–Crippen MR) is 142 cm³/mol. The third-order valence-corrected chi connectivity index (χ3v) is 6.20. The molecule has 6 heteroatoms. The zero-order valence-corrected chi connectivity index (χ0v) is 22.6. The van der Waals surface area contributed by atoms with Crippen molar-refractivity contribution in [3.8, 4) is 11.5 Å². The molecule has 1 fully saturated rings. The standard InChI is InChI=1S/C30H39NO5/c1-8-10-16-31-26(20-12-11-13-22(17-20)36-19(3)4)25(28(33)29(31)34)27(32)21-14-15-24(35-9-2)23(18-21)30(5,6)7/h11-15,17-19,26,32H,8-10,16H2,1-7H3/b27-25+. The molecule has 1 atom stereocenters. The number of nitrogens with zero attached hydrogens (tertiary/aromatic N) is 1. The highest BCUT2D eigenvalue weighted by molar-refractivity contribution is 6.46. The van der Waals surface area contributed by atoms with Crippen molar-refractivity contribution in [1.82, 2.24) is 4.90 Å². The second kappa shape index (κ2) is 11.2. The number of hydrogen-bond donors (Lipinski definition) is 1. The van der Waals surface area contributed by atoms with Gasteiger partial charge in [-0.15, -0.1) is 0 Å². The van der Waals surface area contributed by atoms with Crippen molar-refractivity contribution in [3.05, 3.63) is 64.7 Å². The minimum atomic E-state index is -0.697. The van der Waals surface area contributed by atoms with Crippen LogP contribution in [0.15, 0.2) is 48.0 Å². The second-order valence-electron chi connectivity index (χ2n) is 10.5. The van der Waals surface area contributed by atoms with Gasteiger partial charge in [-0.3, -0.25) is 9.59 Å². The Morgan fingerprint density at radius 1 is 1.08 bits per heavy atom. The van der Waals surface area contributed by atoms with Gasteiger partial charge in [-0.1, -0.05) is 46.2 Å². The molecule has 1 unspecified atom stereocenters. The summed E-state index contributed by atoms with van der Waals surface area (Å²) in [7, 11) is 0. The highest BCUT2D eigenvalue weighted by atomic mass is 16.5. The van der Waals surface area contributed by atoms with E-state index in [0.717, 1.165) is 29.7 Å². The molecular weight excluding hydrogens is 454 g/mol. The number of likely N-dealkylation sites (tertiary alicyclic amines) is 1. The Balaban J connectivity index is 2.20. The van der Waals surface area contributed by atoms with E-state index in [1.165, 1.54) is 0 Å². The molecule has 2 aromatic carbocycles. The molecule has 2 aromatic rings. The lowest BCUT2D eigenvalue weighted by Gasteiger charge is -2.26. The van der Waals surface area contributed by atoms with Crippen LogP contribution < -0.4 is 9.47 Å². The maximum absolute atomic E-state index is 13.3. The lowest BCUT2D eigenvalue weighted by Crippen LogP contribution is -2.30. The summed E-state index contributed by atoms with van der Waals surface area (Å²) < 4.78 is 11.7. The zero-order valence-electron chi connectivity index (χ0n) is 22.6. The topological polar surface area (TPSA) is 76.1 Å². The first-order valence-electron chi connectivity index (χ1n) is 12.8. The first kappa shape index (κ1) is 27.3. The van der Waals surface area contributed by atoms with Gasteiger partial charge in [0.15, 0.2) is 0 Å². The number of aliphatic hydroxyl groups excluding tert-OH is 1. The number of unbranched alkanes of at least 4 members (excludes halogenated alkanes) is 1. The number of hydrogen-bond acceptors (Lipinski definition) is 5. The van der Waals surface area contributed by atoms with Gasteiger partial charge < -0.3 is 19.5 Å². The molecule has 0 radical (unpaired) electrons. The van der Waals surface area contributed by atoms with Crippen LogP contribution in [-0.2, 0) is 15.0 Å². The van der Waals surface area contributed by atoms with E-state index in [1.54, 1.807) is 11.0 Å². The van der Waals surface area contributed by atoms with Crippen molar-refractivity contribution >= 4 is 17.4 Å². The third kappa shape index (κ3) is 5.75. The van der Waals surface area contributed by atoms with Crippen LogP contribution in [0.4, 0.5) is 0 Å². The number of carbonyl (C=O) groups excluding carboxylic acids is 2. The van der Waals surface area contributed by atoms with Crippen LogP contribution in [-0.4, -0.2) is 41.0 Å². The maximum atomic E-state index is 13.3. The molecular formula is C30H39NO5. The number of Topliss-reactive ketones (excluding diaryl/α,β-unsaturated/α-hetero) is 1. The number of rotatable bonds is 9. The highest BCUT2D eigenvalue weighted by Crippen LogP contribution is 2.42. The van der Waals surface area contributed by atoms with Gasteiger partial charge in [-0.2, -0.15) is 0 Å². The van der Waals surface area contributed by atoms with Gasteiger partial charge in [-0.25, -0.2) is 0 Å². The van der Waals surface area contributed by atoms with Crippen molar-refractivity contribution in [2.75, 3.05) is 13.2 Å². The Hall–Kier alpha value is -3.28. The summed E-state index contributed by atoms with van der Waals surface area (Å²) in [5.74, 6) is -0.0529. The fourth-order valence-corrected chi connectivity index (χ4v) is 4.52. The van der Waals surface area contributed by atoms with Gasteiger partial charge in [0.2, 0.25) is 0 Å². The van der Waals surface area contributed by atoms with Crippen LogP contribution in [0.3, 0.4) is 0 Å². The number of ketones is 1. The summed E-state index contributed by atoms with van der Waals surface area (Å²) >= 11 is 0. The fraction of sp³-hybridized carbons (Fsp3) is 0.467. The summed E-state index contributed by atoms with van der Waals surface area (Å²) in [5.41, 5.74) is 1.97. The average Bonchev–Trinajstić information content (AvgIpc) is 3.06. The molecule has 1 heterocycles. The van der Waals surface area contributed by atoms with E-state index in [4.69, 9.17) is 9.47 Å². The molecule has 0 saturated carbocycles. The van der Waals surface area contributed by atoms with Gasteiger partial charge in [-0.05, 0) is 68.5 Å². The van der Waals surface area contributed by atoms with Crippen molar-refractivity contribution in [3.63, 3.8) is 0 Å². The molecule has 1 aliphatic rings. The Morgan fingerprint density at radius 3 is 2.42 bits per heavy atom. The SMILES string of the molecule is CCCCN1C(=O)C(=O)/C(=C(/O)c2ccc(OCC)c(C(C)(C)C)c2)C1c1cccc(OC(C)C)c1. The van der Waals surface area contributed by atoms with E-state index >= 15 is 0 Å². The van der Waals surface area contributed by atoms with Crippen molar-refractivity contribution in [2.24, 2.45) is 0 Å². The minimum absolute atomic E-state index is 0.0219. The van der Waals surface area contributed by atoms with E-state index in [0.29, 0.717) is 24.5 Å². The quantitative estimate of drug-likeness (QED) is 0.249. The van der Waals surface area contributed by atoms with Gasteiger partial charge in [0, 0.05) is 17.7 Å². The van der Waals surface area contributed by atoms with Gasteiger partial charge >= 0.3 is 0 Å². The smallest absolute Gasteiger partial charge is 0.295 e. The van der Waals surface area contributed by atoms with E-state index in [1.807, 2.05) is 64.1 Å². The van der Waals surface area contributed by atoms with Crippen LogP contribution in [0.2, 0.25) is 0 Å². The Kier molecular flexibility index (Phi) is 8.49. The summed E-state index contributed by atoms with van der Waals surface area (Å²) in [6, 6.07) is 12.1. The van der Waals surface area contributed by atoms with Crippen LogP contribution in [0, 0.1) is 0 Å². The molecule has 36 heavy (non-hydrogen) atoms. The van der Waals surface area contributed by atoms with E-state index < -0.39 is 17.7 Å². The molecule has 1 aliphatic heterocycles. The van der Waals surface area contributed by atoms with Crippen molar-refractivity contribution < 1.29 is 24.2 Å². The molecule has 1 saturated heterocycles. The number of ether oxygens (including phenoxy) is 2. The first-order valence-corrected chi connectivity index (χ1v) is 12.8. The molecule has 6 nitrogen and oxygen atoms in total. The van der Waals surface area contributed by atoms with E-state index in [-0.39, 0.29) is 22.9 Å². The molecule has 0 aliphatic carbocycles. The molecule has 3 rings (SSSR count). The van der Waals surface area contributed by atoms with Crippen LogP contribution >= 0.6 is 0 Å². The first-order chi connectivity index (χ1) is 17.0. The largest absolute Gasteiger partial charge is 0.507 e. The second-order valence-corrected chi connectivity index (χ2v) is 10.5. The summed E-state index contributed by atoms with van der Waals surface area (Å²) in [6.45, 7) is 15.0. The summed E-state index contributed by atoms with van der Waals surface area (Å²) in [6.07, 6.45) is 1.61. The highest BCUT2D eigenvalue weighted by Gasteiger charge is 2.46. The molecule has 0 bridgehead atoms. The average molecular weight is 494 g/mol. The molecule has 1 N–H and O–H groups in total. The molecule has 0 spiro atoms. The lowest BCUT2D eigenvalue weighted by atomic mass is 9.84. The molecule has 0 aromatic heterocycles. The normalized spacial score (nSPS) is 17.7. The predicted octanol–water partition coefficient (Wildman–Crippen LogP) is 6.39. The van der Waals surface area contributed by atoms with E-state index in [2.05, 4.69) is 20.8 Å². The summed E-state index contributed by atoms with van der Waals surface area (Å²) in [4.78, 5) is 28.0.